The number of aromatic nitrogens is 2. The van der Waals surface area contributed by atoms with Gasteiger partial charge in [0.2, 0.25) is 5.60 Å². The summed E-state index contributed by atoms with van der Waals surface area (Å²) in [5, 5.41) is 11.1. The molecule has 4 heterocycles. The third-order valence-electron chi connectivity index (χ3n) is 7.13. The second kappa shape index (κ2) is 7.78. The van der Waals surface area contributed by atoms with Crippen molar-refractivity contribution >= 4 is 22.8 Å². The van der Waals surface area contributed by atoms with Crippen LogP contribution in [-0.2, 0) is 33.0 Å². The van der Waals surface area contributed by atoms with Gasteiger partial charge in [0.15, 0.2) is 0 Å². The number of carbonyl (C=O) groups is 2. The van der Waals surface area contributed by atoms with Gasteiger partial charge < -0.3 is 19.1 Å². The molecule has 2 aromatic heterocycles. The number of aromatic hydroxyl groups is 1. The smallest absolute Gasteiger partial charge is 0.355 e. The summed E-state index contributed by atoms with van der Waals surface area (Å²) >= 11 is 0. The predicted octanol–water partition coefficient (Wildman–Crippen LogP) is 3.96. The molecule has 8 heteroatoms. The Morgan fingerprint density at radius 3 is 2.75 bits per heavy atom. The normalized spacial score (nSPS) is 17.8. The van der Waals surface area contributed by atoms with E-state index in [1.807, 2.05) is 31.2 Å². The first-order valence-corrected chi connectivity index (χ1v) is 11.7. The number of pyridine rings is 2. The maximum atomic E-state index is 13.6. The number of hydrogen-bond donors (Lipinski definition) is 1. The summed E-state index contributed by atoms with van der Waals surface area (Å²) in [4.78, 5) is 44.7. The quantitative estimate of drug-likeness (QED) is 0.388. The van der Waals surface area contributed by atoms with Crippen molar-refractivity contribution in [3.63, 3.8) is 0 Å². The van der Waals surface area contributed by atoms with Crippen LogP contribution >= 0.6 is 0 Å². The van der Waals surface area contributed by atoms with E-state index in [4.69, 9.17) is 14.5 Å². The minimum Gasteiger partial charge on any atom is -0.507 e. The standard InChI is InChI=1S/C28H22N2O6/c1-3-28(36-26(33)17-8-4-5-10-23(17)31)20-12-22-24-16(11-18-15(2)7-6-9-21(18)29-24)13-30(22)25(32)19(20)14-35-27(28)34/h4-12,31H,3,13-14H2,1-2H3/t28-/m0/s1. The van der Waals surface area contributed by atoms with E-state index in [2.05, 4.69) is 0 Å². The second-order valence-electron chi connectivity index (χ2n) is 9.11. The zero-order valence-electron chi connectivity index (χ0n) is 19.7. The van der Waals surface area contributed by atoms with Crippen LogP contribution in [0.1, 0.15) is 46.0 Å². The van der Waals surface area contributed by atoms with Crippen molar-refractivity contribution in [2.45, 2.75) is 39.0 Å². The third kappa shape index (κ3) is 3.00. The van der Waals surface area contributed by atoms with Crippen molar-refractivity contribution in [3.8, 4) is 17.1 Å². The fourth-order valence-electron chi connectivity index (χ4n) is 5.17. The Morgan fingerprint density at radius 1 is 1.17 bits per heavy atom. The maximum Gasteiger partial charge on any atom is 0.355 e. The molecular weight excluding hydrogens is 460 g/mol. The summed E-state index contributed by atoms with van der Waals surface area (Å²) in [5.74, 6) is -1.92. The Labute approximate surface area is 205 Å². The molecule has 1 atom stereocenters. The largest absolute Gasteiger partial charge is 0.507 e. The lowest BCUT2D eigenvalue weighted by molar-refractivity contribution is -0.173. The Balaban J connectivity index is 1.54. The van der Waals surface area contributed by atoms with Crippen LogP contribution in [0.2, 0.25) is 0 Å². The number of rotatable bonds is 3. The Kier molecular flexibility index (Phi) is 4.76. The van der Waals surface area contributed by atoms with Crippen molar-refractivity contribution in [1.29, 1.82) is 0 Å². The van der Waals surface area contributed by atoms with Crippen molar-refractivity contribution < 1.29 is 24.2 Å². The van der Waals surface area contributed by atoms with Crippen molar-refractivity contribution in [3.05, 3.63) is 92.8 Å². The molecule has 0 aliphatic carbocycles. The molecule has 6 rings (SSSR count). The van der Waals surface area contributed by atoms with E-state index in [1.165, 1.54) is 12.1 Å². The Morgan fingerprint density at radius 2 is 1.97 bits per heavy atom. The summed E-state index contributed by atoms with van der Waals surface area (Å²) in [6.45, 7) is 3.83. The fraction of sp³-hybridized carbons (Fsp3) is 0.214. The van der Waals surface area contributed by atoms with Crippen LogP contribution in [0.15, 0.2) is 59.4 Å². The molecule has 8 nitrogen and oxygen atoms in total. The SMILES string of the molecule is CC[C@@]1(OC(=O)c2ccccc2O)C(=O)OCc2c1cc1n(c2=O)Cc2cc3c(C)cccc3nc2-1. The molecule has 2 aromatic carbocycles. The average molecular weight is 482 g/mol. The van der Waals surface area contributed by atoms with Crippen LogP contribution in [0.4, 0.5) is 0 Å². The predicted molar refractivity (Wildman–Crippen MR) is 131 cm³/mol. The van der Waals surface area contributed by atoms with Gasteiger partial charge in [0, 0.05) is 16.5 Å². The first-order chi connectivity index (χ1) is 17.3. The lowest BCUT2D eigenvalue weighted by Crippen LogP contribution is -2.47. The van der Waals surface area contributed by atoms with Crippen LogP contribution in [0, 0.1) is 6.92 Å². The van der Waals surface area contributed by atoms with Gasteiger partial charge in [0.05, 0.1) is 29.0 Å². The van der Waals surface area contributed by atoms with E-state index in [9.17, 15) is 19.5 Å². The molecule has 0 fully saturated rings. The van der Waals surface area contributed by atoms with Crippen LogP contribution in [0.25, 0.3) is 22.3 Å². The van der Waals surface area contributed by atoms with Gasteiger partial charge in [-0.25, -0.2) is 14.6 Å². The molecule has 180 valence electrons. The Hall–Kier alpha value is -4.46. The summed E-state index contributed by atoms with van der Waals surface area (Å²) in [6.07, 6.45) is 0.0399. The van der Waals surface area contributed by atoms with Gasteiger partial charge >= 0.3 is 11.9 Å². The second-order valence-corrected chi connectivity index (χ2v) is 9.11. The highest BCUT2D eigenvalue weighted by molar-refractivity contribution is 5.96. The number of benzene rings is 2. The molecule has 0 bridgehead atoms. The maximum absolute atomic E-state index is 13.6. The van der Waals surface area contributed by atoms with Crippen molar-refractivity contribution in [2.24, 2.45) is 0 Å². The monoisotopic (exact) mass is 482 g/mol. The number of cyclic esters (lactones) is 1. The highest BCUT2D eigenvalue weighted by Gasteiger charge is 2.50. The van der Waals surface area contributed by atoms with Gasteiger partial charge in [0.25, 0.3) is 5.56 Å². The van der Waals surface area contributed by atoms with E-state index < -0.39 is 17.5 Å². The molecule has 0 saturated heterocycles. The number of nitrogens with zero attached hydrogens (tertiary/aromatic N) is 2. The minimum absolute atomic E-state index is 0.0399. The number of hydrogen-bond acceptors (Lipinski definition) is 7. The number of ether oxygens (including phenoxy) is 2. The first-order valence-electron chi connectivity index (χ1n) is 11.7. The van der Waals surface area contributed by atoms with Gasteiger partial charge in [-0.1, -0.05) is 31.2 Å². The molecule has 0 radical (unpaired) electrons. The van der Waals surface area contributed by atoms with E-state index >= 15 is 0 Å². The van der Waals surface area contributed by atoms with Gasteiger partial charge in [-0.3, -0.25) is 4.79 Å². The van der Waals surface area contributed by atoms with Crippen LogP contribution in [-0.4, -0.2) is 26.6 Å². The number of phenols is 1. The van der Waals surface area contributed by atoms with Crippen molar-refractivity contribution in [2.75, 3.05) is 0 Å². The zero-order chi connectivity index (χ0) is 25.2. The molecule has 2 aliphatic heterocycles. The molecule has 0 saturated carbocycles. The fourth-order valence-corrected chi connectivity index (χ4v) is 5.17. The third-order valence-corrected chi connectivity index (χ3v) is 7.13. The highest BCUT2D eigenvalue weighted by atomic mass is 16.6. The van der Waals surface area contributed by atoms with E-state index in [0.717, 1.165) is 22.0 Å². The summed E-state index contributed by atoms with van der Waals surface area (Å²) in [5.41, 5.74) is 2.33. The number of fused-ring (bicyclic) bond motifs is 5. The number of carbonyl (C=O) groups excluding carboxylic acids is 2. The molecule has 0 spiro atoms. The minimum atomic E-state index is -1.84. The van der Waals surface area contributed by atoms with Gasteiger partial charge in [-0.2, -0.15) is 0 Å². The van der Waals surface area contributed by atoms with Gasteiger partial charge in [0.1, 0.15) is 17.9 Å². The van der Waals surface area contributed by atoms with E-state index in [-0.39, 0.29) is 35.5 Å². The first kappa shape index (κ1) is 22.0. The number of para-hydroxylation sites is 1. The molecule has 0 amide bonds. The van der Waals surface area contributed by atoms with E-state index in [1.54, 1.807) is 29.7 Å². The summed E-state index contributed by atoms with van der Waals surface area (Å²) < 4.78 is 12.8. The molecule has 4 aromatic rings. The highest BCUT2D eigenvalue weighted by Crippen LogP contribution is 2.41. The number of phenolic OH excluding ortho intramolecular Hbond substituents is 1. The molecular formula is C28H22N2O6. The van der Waals surface area contributed by atoms with Crippen LogP contribution < -0.4 is 5.56 Å². The summed E-state index contributed by atoms with van der Waals surface area (Å²) in [6, 6.07) is 15.6. The van der Waals surface area contributed by atoms with Gasteiger partial charge in [-0.15, -0.1) is 0 Å². The molecule has 2 aliphatic rings. The van der Waals surface area contributed by atoms with Crippen molar-refractivity contribution in [1.82, 2.24) is 9.55 Å². The molecule has 1 N–H and O–H groups in total. The molecule has 0 unspecified atom stereocenters. The Bertz CT molecular complexity index is 1670. The molecule has 36 heavy (non-hydrogen) atoms. The van der Waals surface area contributed by atoms with Gasteiger partial charge in [-0.05, 0) is 49.2 Å². The van der Waals surface area contributed by atoms with Crippen LogP contribution in [0.3, 0.4) is 0 Å². The average Bonchev–Trinajstić information content (AvgIpc) is 3.23. The zero-order valence-corrected chi connectivity index (χ0v) is 19.7. The number of esters is 2. The number of aryl methyl sites for hydroxylation is 1. The topological polar surface area (TPSA) is 108 Å². The summed E-state index contributed by atoms with van der Waals surface area (Å²) in [7, 11) is 0. The van der Waals surface area contributed by atoms with Crippen LogP contribution in [0.5, 0.6) is 5.75 Å². The lowest BCUT2D eigenvalue weighted by atomic mass is 9.85. The lowest BCUT2D eigenvalue weighted by Gasteiger charge is -2.35. The van der Waals surface area contributed by atoms with E-state index in [0.29, 0.717) is 23.5 Å².